The lowest BCUT2D eigenvalue weighted by atomic mass is 10.2. The number of thiophene rings is 1. The first-order chi connectivity index (χ1) is 9.22. The molecular formula is C13H19BrN2O2S. The molecule has 4 nitrogen and oxygen atoms in total. The summed E-state index contributed by atoms with van der Waals surface area (Å²) in [5, 5.41) is 5.41. The number of amides is 1. The average Bonchev–Trinajstić information content (AvgIpc) is 2.86. The maximum absolute atomic E-state index is 12.4. The third-order valence-electron chi connectivity index (χ3n) is 3.23. The van der Waals surface area contributed by atoms with E-state index < -0.39 is 0 Å². The largest absolute Gasteiger partial charge is 0.378 e. The highest BCUT2D eigenvalue weighted by Crippen LogP contribution is 2.22. The third kappa shape index (κ3) is 4.02. The molecule has 0 spiro atoms. The minimum absolute atomic E-state index is 0.105. The van der Waals surface area contributed by atoms with E-state index in [2.05, 4.69) is 21.2 Å². The summed E-state index contributed by atoms with van der Waals surface area (Å²) >= 11 is 5.21. The van der Waals surface area contributed by atoms with Crippen molar-refractivity contribution in [2.75, 3.05) is 26.3 Å². The standard InChI is InChI=1S/C13H19BrN2O2S/c1-2-11(13(17)16-4-6-18-7-5-16)15-9-12-10(14)3-8-19-12/h3,8,11,15H,2,4-7,9H2,1H3/t11-/m1/s1. The van der Waals surface area contributed by atoms with E-state index in [9.17, 15) is 4.79 Å². The molecule has 1 aliphatic rings. The number of nitrogens with zero attached hydrogens (tertiary/aromatic N) is 1. The van der Waals surface area contributed by atoms with Gasteiger partial charge in [-0.15, -0.1) is 11.3 Å². The first-order valence-electron chi connectivity index (χ1n) is 6.54. The van der Waals surface area contributed by atoms with Crippen molar-refractivity contribution in [1.82, 2.24) is 10.2 Å². The second-order valence-electron chi connectivity index (χ2n) is 4.47. The number of carbonyl (C=O) groups excluding carboxylic acids is 1. The summed E-state index contributed by atoms with van der Waals surface area (Å²) in [6.45, 7) is 5.49. The molecule has 19 heavy (non-hydrogen) atoms. The highest BCUT2D eigenvalue weighted by atomic mass is 79.9. The van der Waals surface area contributed by atoms with Crippen LogP contribution in [0.5, 0.6) is 0 Å². The second-order valence-corrected chi connectivity index (χ2v) is 6.33. The molecule has 106 valence electrons. The van der Waals surface area contributed by atoms with Crippen LogP contribution < -0.4 is 5.32 Å². The molecule has 1 atom stereocenters. The SMILES string of the molecule is CC[C@@H](NCc1sccc1Br)C(=O)N1CCOCC1. The Labute approximate surface area is 126 Å². The summed E-state index contributed by atoms with van der Waals surface area (Å²) in [6.07, 6.45) is 0.805. The van der Waals surface area contributed by atoms with Crippen molar-refractivity contribution < 1.29 is 9.53 Å². The second kappa shape index (κ2) is 7.38. The molecule has 1 saturated heterocycles. The van der Waals surface area contributed by atoms with Crippen molar-refractivity contribution in [2.24, 2.45) is 0 Å². The molecule has 0 bridgehead atoms. The van der Waals surface area contributed by atoms with Gasteiger partial charge in [-0.2, -0.15) is 0 Å². The molecule has 2 heterocycles. The molecule has 0 unspecified atom stereocenters. The first-order valence-corrected chi connectivity index (χ1v) is 8.21. The van der Waals surface area contributed by atoms with Gasteiger partial charge in [-0.3, -0.25) is 4.79 Å². The predicted octanol–water partition coefficient (Wildman–Crippen LogP) is 2.24. The van der Waals surface area contributed by atoms with Crippen molar-refractivity contribution >= 4 is 33.2 Å². The fourth-order valence-electron chi connectivity index (χ4n) is 2.08. The van der Waals surface area contributed by atoms with Crippen molar-refractivity contribution in [2.45, 2.75) is 25.9 Å². The summed E-state index contributed by atoms with van der Waals surface area (Å²) in [5.41, 5.74) is 0. The van der Waals surface area contributed by atoms with Gasteiger partial charge in [-0.05, 0) is 33.8 Å². The number of nitrogens with one attached hydrogen (secondary N) is 1. The maximum atomic E-state index is 12.4. The Bertz CT molecular complexity index is 419. The smallest absolute Gasteiger partial charge is 0.239 e. The molecule has 0 saturated carbocycles. The number of carbonyl (C=O) groups is 1. The zero-order valence-corrected chi connectivity index (χ0v) is 13.4. The molecule has 0 aromatic carbocycles. The summed E-state index contributed by atoms with van der Waals surface area (Å²) in [6, 6.07) is 1.93. The van der Waals surface area contributed by atoms with Crippen molar-refractivity contribution in [3.63, 3.8) is 0 Å². The van der Waals surface area contributed by atoms with E-state index in [-0.39, 0.29) is 11.9 Å². The molecule has 1 fully saturated rings. The average molecular weight is 347 g/mol. The van der Waals surface area contributed by atoms with Crippen LogP contribution >= 0.6 is 27.3 Å². The minimum Gasteiger partial charge on any atom is -0.378 e. The molecule has 1 aromatic heterocycles. The number of hydrogen-bond donors (Lipinski definition) is 1. The van der Waals surface area contributed by atoms with E-state index in [4.69, 9.17) is 4.74 Å². The lowest BCUT2D eigenvalue weighted by Crippen LogP contribution is -2.49. The number of hydrogen-bond acceptors (Lipinski definition) is 4. The van der Waals surface area contributed by atoms with E-state index >= 15 is 0 Å². The Morgan fingerprint density at radius 2 is 2.32 bits per heavy atom. The summed E-state index contributed by atoms with van der Waals surface area (Å²) in [5.74, 6) is 0.193. The molecule has 1 N–H and O–H groups in total. The Hall–Kier alpha value is -0.430. The molecule has 1 amide bonds. The highest BCUT2D eigenvalue weighted by Gasteiger charge is 2.24. The van der Waals surface area contributed by atoms with Crippen LogP contribution in [0.3, 0.4) is 0 Å². The molecule has 1 aromatic rings. The summed E-state index contributed by atoms with van der Waals surface area (Å²) in [4.78, 5) is 15.5. The Morgan fingerprint density at radius 1 is 1.58 bits per heavy atom. The van der Waals surface area contributed by atoms with Gasteiger partial charge in [0.15, 0.2) is 0 Å². The van der Waals surface area contributed by atoms with Crippen LogP contribution in [0.1, 0.15) is 18.2 Å². The van der Waals surface area contributed by atoms with Gasteiger partial charge in [0.2, 0.25) is 5.91 Å². The fourth-order valence-corrected chi connectivity index (χ4v) is 3.52. The minimum atomic E-state index is -0.105. The summed E-state index contributed by atoms with van der Waals surface area (Å²) < 4.78 is 6.39. The zero-order chi connectivity index (χ0) is 13.7. The van der Waals surface area contributed by atoms with E-state index in [1.165, 1.54) is 4.88 Å². The van der Waals surface area contributed by atoms with E-state index in [1.807, 2.05) is 23.3 Å². The van der Waals surface area contributed by atoms with E-state index in [1.54, 1.807) is 11.3 Å². The highest BCUT2D eigenvalue weighted by molar-refractivity contribution is 9.10. The number of ether oxygens (including phenoxy) is 1. The van der Waals surface area contributed by atoms with Crippen LogP contribution in [0.25, 0.3) is 0 Å². The topological polar surface area (TPSA) is 41.6 Å². The lowest BCUT2D eigenvalue weighted by molar-refractivity contribution is -0.137. The number of halogens is 1. The third-order valence-corrected chi connectivity index (χ3v) is 5.16. The van der Waals surface area contributed by atoms with Crippen molar-refractivity contribution in [1.29, 1.82) is 0 Å². The van der Waals surface area contributed by atoms with Crippen LogP contribution in [0.2, 0.25) is 0 Å². The van der Waals surface area contributed by atoms with E-state index in [0.717, 1.165) is 17.4 Å². The Kier molecular flexibility index (Phi) is 5.81. The molecule has 1 aliphatic heterocycles. The molecule has 2 rings (SSSR count). The Balaban J connectivity index is 1.88. The van der Waals surface area contributed by atoms with Crippen molar-refractivity contribution in [3.05, 3.63) is 20.8 Å². The lowest BCUT2D eigenvalue weighted by Gasteiger charge is -2.30. The molecule has 6 heteroatoms. The molecule has 0 aliphatic carbocycles. The van der Waals surface area contributed by atoms with Gasteiger partial charge in [0.05, 0.1) is 19.3 Å². The Morgan fingerprint density at radius 3 is 2.89 bits per heavy atom. The quantitative estimate of drug-likeness (QED) is 0.888. The van der Waals surface area contributed by atoms with Crippen LogP contribution in [-0.4, -0.2) is 43.2 Å². The van der Waals surface area contributed by atoms with Gasteiger partial charge in [-0.25, -0.2) is 0 Å². The first kappa shape index (κ1) is 15.0. The molecular weight excluding hydrogens is 328 g/mol. The predicted molar refractivity (Wildman–Crippen MR) is 80.3 cm³/mol. The van der Waals surface area contributed by atoms with Crippen LogP contribution in [0.4, 0.5) is 0 Å². The van der Waals surface area contributed by atoms with Crippen LogP contribution in [0, 0.1) is 0 Å². The molecule has 0 radical (unpaired) electrons. The van der Waals surface area contributed by atoms with Crippen LogP contribution in [0.15, 0.2) is 15.9 Å². The van der Waals surface area contributed by atoms with E-state index in [0.29, 0.717) is 26.3 Å². The van der Waals surface area contributed by atoms with Crippen LogP contribution in [-0.2, 0) is 16.1 Å². The zero-order valence-electron chi connectivity index (χ0n) is 11.0. The normalized spacial score (nSPS) is 17.5. The van der Waals surface area contributed by atoms with Gasteiger partial charge < -0.3 is 15.0 Å². The number of rotatable bonds is 5. The number of morpholine rings is 1. The summed E-state index contributed by atoms with van der Waals surface area (Å²) in [7, 11) is 0. The fraction of sp³-hybridized carbons (Fsp3) is 0.615. The van der Waals surface area contributed by atoms with Crippen molar-refractivity contribution in [3.8, 4) is 0 Å². The van der Waals surface area contributed by atoms with Gasteiger partial charge in [0, 0.05) is 29.0 Å². The van der Waals surface area contributed by atoms with Gasteiger partial charge in [0.1, 0.15) is 0 Å². The maximum Gasteiger partial charge on any atom is 0.239 e. The van der Waals surface area contributed by atoms with Gasteiger partial charge in [0.25, 0.3) is 0 Å². The van der Waals surface area contributed by atoms with Gasteiger partial charge >= 0.3 is 0 Å². The van der Waals surface area contributed by atoms with Gasteiger partial charge in [-0.1, -0.05) is 6.92 Å². The monoisotopic (exact) mass is 346 g/mol.